The van der Waals surface area contributed by atoms with Crippen LogP contribution in [0.3, 0.4) is 0 Å². The Kier molecular flexibility index (Phi) is 5.32. The molecule has 0 fully saturated rings. The zero-order valence-electron chi connectivity index (χ0n) is 11.1. The van der Waals surface area contributed by atoms with Crippen LogP contribution in [0, 0.1) is 0 Å². The highest BCUT2D eigenvalue weighted by Gasteiger charge is 2.14. The molecule has 5 nitrogen and oxygen atoms in total. The van der Waals surface area contributed by atoms with Crippen molar-refractivity contribution in [3.05, 3.63) is 34.9 Å². The summed E-state index contributed by atoms with van der Waals surface area (Å²) < 4.78 is 15.2. The third-order valence-corrected chi connectivity index (χ3v) is 2.97. The van der Waals surface area contributed by atoms with Gasteiger partial charge < -0.3 is 19.5 Å². The summed E-state index contributed by atoms with van der Waals surface area (Å²) in [4.78, 5) is 11.8. The first-order valence-corrected chi connectivity index (χ1v) is 6.37. The molecule has 0 unspecified atom stereocenters. The first-order valence-electron chi connectivity index (χ1n) is 6.37. The Hall–Kier alpha value is -1.43. The third kappa shape index (κ3) is 4.02. The second-order valence-corrected chi connectivity index (χ2v) is 4.33. The van der Waals surface area contributed by atoms with Crippen LogP contribution in [0.2, 0.25) is 0 Å². The Morgan fingerprint density at radius 3 is 2.79 bits per heavy atom. The van der Waals surface area contributed by atoms with Crippen LogP contribution in [0.25, 0.3) is 0 Å². The monoisotopic (exact) mass is 265 g/mol. The molecule has 0 saturated heterocycles. The van der Waals surface area contributed by atoms with E-state index in [9.17, 15) is 4.79 Å². The molecule has 1 aromatic rings. The highest BCUT2D eigenvalue weighted by molar-refractivity contribution is 5.89. The summed E-state index contributed by atoms with van der Waals surface area (Å²) in [7, 11) is 1.62. The zero-order valence-corrected chi connectivity index (χ0v) is 11.1. The lowest BCUT2D eigenvalue weighted by Gasteiger charge is -2.07. The van der Waals surface area contributed by atoms with E-state index in [-0.39, 0.29) is 12.6 Å². The molecule has 104 valence electrons. The predicted octanol–water partition coefficient (Wildman–Crippen LogP) is 1.11. The van der Waals surface area contributed by atoms with Crippen molar-refractivity contribution in [1.82, 2.24) is 5.32 Å². The first kappa shape index (κ1) is 14.0. The minimum absolute atomic E-state index is 0.262. The molecular weight excluding hydrogens is 246 g/mol. The number of ether oxygens (including phenoxy) is 3. The zero-order chi connectivity index (χ0) is 13.5. The molecule has 0 amide bonds. The second-order valence-electron chi connectivity index (χ2n) is 4.33. The highest BCUT2D eigenvalue weighted by Crippen LogP contribution is 2.17. The second kappa shape index (κ2) is 7.23. The topological polar surface area (TPSA) is 56.8 Å². The van der Waals surface area contributed by atoms with E-state index in [1.165, 1.54) is 11.1 Å². The van der Waals surface area contributed by atoms with Crippen LogP contribution in [0.4, 0.5) is 0 Å². The molecule has 0 aliphatic carbocycles. The van der Waals surface area contributed by atoms with Crippen LogP contribution >= 0.6 is 0 Å². The molecule has 1 heterocycles. The normalized spacial score (nSPS) is 13.3. The minimum Gasteiger partial charge on any atom is -0.460 e. The van der Waals surface area contributed by atoms with Crippen molar-refractivity contribution in [1.29, 1.82) is 0 Å². The van der Waals surface area contributed by atoms with Crippen molar-refractivity contribution in [2.45, 2.75) is 13.1 Å². The number of esters is 1. The molecular formula is C14H19NO4. The summed E-state index contributed by atoms with van der Waals surface area (Å²) in [6, 6.07) is 5.67. The van der Waals surface area contributed by atoms with E-state index in [0.717, 1.165) is 13.1 Å². The molecule has 0 spiro atoms. The van der Waals surface area contributed by atoms with Gasteiger partial charge in [0.15, 0.2) is 0 Å². The molecule has 0 aromatic heterocycles. The Morgan fingerprint density at radius 2 is 1.95 bits per heavy atom. The molecule has 19 heavy (non-hydrogen) atoms. The minimum atomic E-state index is -0.301. The van der Waals surface area contributed by atoms with Crippen molar-refractivity contribution in [2.75, 3.05) is 33.5 Å². The predicted molar refractivity (Wildman–Crippen MR) is 70.0 cm³/mol. The fraction of sp³-hybridized carbons (Fsp3) is 0.500. The third-order valence-electron chi connectivity index (χ3n) is 2.97. The smallest absolute Gasteiger partial charge is 0.338 e. The number of hydrogen-bond donors (Lipinski definition) is 1. The van der Waals surface area contributed by atoms with Gasteiger partial charge >= 0.3 is 5.97 Å². The van der Waals surface area contributed by atoms with Crippen LogP contribution < -0.4 is 5.32 Å². The van der Waals surface area contributed by atoms with Crippen LogP contribution in [0.15, 0.2) is 18.2 Å². The van der Waals surface area contributed by atoms with E-state index in [0.29, 0.717) is 25.4 Å². The standard InChI is InChI=1S/C14H19NO4/c1-17-4-5-18-6-7-19-14(16)11-2-3-12-9-15-10-13(12)8-11/h2-3,8,15H,4-7,9-10H2,1H3. The van der Waals surface area contributed by atoms with Crippen molar-refractivity contribution >= 4 is 5.97 Å². The van der Waals surface area contributed by atoms with E-state index in [2.05, 4.69) is 5.32 Å². The summed E-state index contributed by atoms with van der Waals surface area (Å²) in [6.45, 7) is 3.40. The summed E-state index contributed by atoms with van der Waals surface area (Å²) >= 11 is 0. The molecule has 0 bridgehead atoms. The first-order chi connectivity index (χ1) is 9.31. The number of carbonyl (C=O) groups excluding carboxylic acids is 1. The summed E-state index contributed by atoms with van der Waals surface area (Å²) in [5.41, 5.74) is 3.02. The Labute approximate surface area is 112 Å². The van der Waals surface area contributed by atoms with E-state index < -0.39 is 0 Å². The number of hydrogen-bond acceptors (Lipinski definition) is 5. The fourth-order valence-corrected chi connectivity index (χ4v) is 1.94. The van der Waals surface area contributed by atoms with Gasteiger partial charge in [-0.1, -0.05) is 6.07 Å². The van der Waals surface area contributed by atoms with Crippen LogP contribution in [0.5, 0.6) is 0 Å². The molecule has 5 heteroatoms. The van der Waals surface area contributed by atoms with Gasteiger partial charge in [0.1, 0.15) is 6.61 Å². The van der Waals surface area contributed by atoms with Gasteiger partial charge in [-0.2, -0.15) is 0 Å². The van der Waals surface area contributed by atoms with Gasteiger partial charge in [0, 0.05) is 20.2 Å². The molecule has 0 radical (unpaired) electrons. The number of carbonyl (C=O) groups is 1. The van der Waals surface area contributed by atoms with Gasteiger partial charge in [-0.3, -0.25) is 0 Å². The number of benzene rings is 1. The molecule has 1 N–H and O–H groups in total. The van der Waals surface area contributed by atoms with Gasteiger partial charge in [-0.25, -0.2) is 4.79 Å². The van der Waals surface area contributed by atoms with Gasteiger partial charge in [-0.15, -0.1) is 0 Å². The Bertz CT molecular complexity index is 433. The molecule has 1 aliphatic rings. The maximum Gasteiger partial charge on any atom is 0.338 e. The van der Waals surface area contributed by atoms with E-state index >= 15 is 0 Å². The van der Waals surface area contributed by atoms with E-state index in [1.54, 1.807) is 13.2 Å². The summed E-state index contributed by atoms with van der Waals surface area (Å²) in [5.74, 6) is -0.301. The Morgan fingerprint density at radius 1 is 1.16 bits per heavy atom. The lowest BCUT2D eigenvalue weighted by Crippen LogP contribution is -2.12. The maximum atomic E-state index is 11.8. The molecule has 0 atom stereocenters. The molecule has 1 aliphatic heterocycles. The van der Waals surface area contributed by atoms with Crippen molar-refractivity contribution in [3.8, 4) is 0 Å². The number of nitrogens with one attached hydrogen (secondary N) is 1. The SMILES string of the molecule is COCCOCCOC(=O)c1ccc2c(c1)CNC2. The largest absolute Gasteiger partial charge is 0.460 e. The summed E-state index contributed by atoms with van der Waals surface area (Å²) in [6.07, 6.45) is 0. The Balaban J connectivity index is 1.74. The van der Waals surface area contributed by atoms with Crippen LogP contribution in [-0.4, -0.2) is 39.5 Å². The lowest BCUT2D eigenvalue weighted by atomic mass is 10.1. The maximum absolute atomic E-state index is 11.8. The number of fused-ring (bicyclic) bond motifs is 1. The van der Waals surface area contributed by atoms with Crippen LogP contribution in [-0.2, 0) is 27.3 Å². The van der Waals surface area contributed by atoms with Gasteiger partial charge in [0.05, 0.1) is 25.4 Å². The average Bonchev–Trinajstić information content (AvgIpc) is 2.89. The van der Waals surface area contributed by atoms with E-state index in [1.807, 2.05) is 12.1 Å². The van der Waals surface area contributed by atoms with Gasteiger partial charge in [0.2, 0.25) is 0 Å². The highest BCUT2D eigenvalue weighted by atomic mass is 16.6. The molecule has 2 rings (SSSR count). The van der Waals surface area contributed by atoms with Gasteiger partial charge in [-0.05, 0) is 23.3 Å². The number of rotatable bonds is 7. The van der Waals surface area contributed by atoms with Crippen molar-refractivity contribution in [3.63, 3.8) is 0 Å². The number of methoxy groups -OCH3 is 1. The fourth-order valence-electron chi connectivity index (χ4n) is 1.94. The van der Waals surface area contributed by atoms with Crippen molar-refractivity contribution in [2.24, 2.45) is 0 Å². The summed E-state index contributed by atoms with van der Waals surface area (Å²) in [5, 5.41) is 3.24. The quantitative estimate of drug-likeness (QED) is 0.591. The molecule has 0 saturated carbocycles. The van der Waals surface area contributed by atoms with Crippen molar-refractivity contribution < 1.29 is 19.0 Å². The van der Waals surface area contributed by atoms with Gasteiger partial charge in [0.25, 0.3) is 0 Å². The molecule has 1 aromatic carbocycles. The van der Waals surface area contributed by atoms with Crippen LogP contribution in [0.1, 0.15) is 21.5 Å². The average molecular weight is 265 g/mol. The lowest BCUT2D eigenvalue weighted by molar-refractivity contribution is 0.0213. The van der Waals surface area contributed by atoms with E-state index in [4.69, 9.17) is 14.2 Å².